The van der Waals surface area contributed by atoms with Crippen molar-refractivity contribution in [2.75, 3.05) is 0 Å². The van der Waals surface area contributed by atoms with Gasteiger partial charge in [0.2, 0.25) is 0 Å². The molecule has 12 heavy (non-hydrogen) atoms. The predicted molar refractivity (Wildman–Crippen MR) is 45.9 cm³/mol. The van der Waals surface area contributed by atoms with Gasteiger partial charge in [-0.25, -0.2) is 4.79 Å². The highest BCUT2D eigenvalue weighted by Gasteiger charge is 2.26. The van der Waals surface area contributed by atoms with Crippen molar-refractivity contribution in [1.82, 2.24) is 5.32 Å². The van der Waals surface area contributed by atoms with Gasteiger partial charge in [-0.2, -0.15) is 0 Å². The van der Waals surface area contributed by atoms with Gasteiger partial charge < -0.3 is 16.2 Å². The monoisotopic (exact) mass is 172 g/mol. The minimum absolute atomic E-state index is 0.0994. The Morgan fingerprint density at radius 2 is 2.25 bits per heavy atom. The predicted octanol–water partition coefficient (Wildman–Crippen LogP) is 0.770. The van der Waals surface area contributed by atoms with Crippen molar-refractivity contribution in [2.24, 2.45) is 11.7 Å². The first-order valence-corrected chi connectivity index (χ1v) is 4.34. The van der Waals surface area contributed by atoms with Crippen molar-refractivity contribution in [3.8, 4) is 0 Å². The summed E-state index contributed by atoms with van der Waals surface area (Å²) in [7, 11) is 0. The van der Waals surface area contributed by atoms with E-state index in [1.54, 1.807) is 0 Å². The Labute approximate surface area is 72.1 Å². The molecular formula is C8H16N2O2. The van der Waals surface area contributed by atoms with Gasteiger partial charge in [-0.15, -0.1) is 0 Å². The molecule has 70 valence electrons. The summed E-state index contributed by atoms with van der Waals surface area (Å²) < 4.78 is 0. The van der Waals surface area contributed by atoms with E-state index in [0.29, 0.717) is 5.92 Å². The van der Waals surface area contributed by atoms with Crippen LogP contribution < -0.4 is 11.1 Å². The van der Waals surface area contributed by atoms with E-state index in [1.807, 2.05) is 6.92 Å². The van der Waals surface area contributed by atoms with Crippen LogP contribution in [0.15, 0.2) is 0 Å². The van der Waals surface area contributed by atoms with Crippen LogP contribution in [0.5, 0.6) is 0 Å². The molecule has 0 bridgehead atoms. The Balaban J connectivity index is 2.39. The second-order valence-corrected chi connectivity index (χ2v) is 3.61. The Morgan fingerprint density at radius 1 is 1.58 bits per heavy atom. The molecule has 3 atom stereocenters. The molecule has 4 N–H and O–H groups in total. The summed E-state index contributed by atoms with van der Waals surface area (Å²) in [5.74, 6) is 0.366. The standard InChI is InChI=1S/C8H16N2O2/c1-5-4-6(9)2-3-7(5)10-8(11)12/h5-7,10H,2-4,9H2,1H3,(H,11,12)/t5?,6-,7?/m0/s1. The molecule has 0 aromatic carbocycles. The number of carboxylic acid groups (broad SMARTS) is 1. The molecule has 1 fully saturated rings. The van der Waals surface area contributed by atoms with E-state index in [-0.39, 0.29) is 12.1 Å². The lowest BCUT2D eigenvalue weighted by Crippen LogP contribution is -2.45. The molecule has 0 aliphatic heterocycles. The lowest BCUT2D eigenvalue weighted by molar-refractivity contribution is 0.175. The number of rotatable bonds is 1. The molecule has 1 amide bonds. The minimum Gasteiger partial charge on any atom is -0.465 e. The van der Waals surface area contributed by atoms with Gasteiger partial charge in [0, 0.05) is 12.1 Å². The number of nitrogens with one attached hydrogen (secondary N) is 1. The van der Waals surface area contributed by atoms with Crippen molar-refractivity contribution in [2.45, 2.75) is 38.3 Å². The molecule has 1 aliphatic carbocycles. The van der Waals surface area contributed by atoms with Crippen LogP contribution in [0.3, 0.4) is 0 Å². The van der Waals surface area contributed by atoms with Gasteiger partial charge >= 0.3 is 6.09 Å². The molecule has 2 unspecified atom stereocenters. The quantitative estimate of drug-likeness (QED) is 0.547. The normalized spacial score (nSPS) is 36.0. The van der Waals surface area contributed by atoms with Crippen molar-refractivity contribution >= 4 is 6.09 Å². The first-order chi connectivity index (χ1) is 5.59. The molecule has 1 aliphatic rings. The van der Waals surface area contributed by atoms with E-state index in [1.165, 1.54) is 0 Å². The van der Waals surface area contributed by atoms with Gasteiger partial charge in [-0.1, -0.05) is 6.92 Å². The highest BCUT2D eigenvalue weighted by molar-refractivity contribution is 5.64. The Bertz CT molecular complexity index is 172. The molecule has 0 heterocycles. The summed E-state index contributed by atoms with van der Waals surface area (Å²) in [4.78, 5) is 10.4. The molecule has 1 saturated carbocycles. The zero-order valence-electron chi connectivity index (χ0n) is 7.29. The highest BCUT2D eigenvalue weighted by atomic mass is 16.4. The first kappa shape index (κ1) is 9.32. The number of hydrogen-bond donors (Lipinski definition) is 3. The molecule has 1 rings (SSSR count). The molecule has 0 aromatic heterocycles. The SMILES string of the molecule is CC1C[C@@H](N)CCC1NC(=O)O. The van der Waals surface area contributed by atoms with Gasteiger partial charge in [0.15, 0.2) is 0 Å². The molecule has 4 heteroatoms. The van der Waals surface area contributed by atoms with Crippen LogP contribution >= 0.6 is 0 Å². The number of amides is 1. The second kappa shape index (κ2) is 3.76. The zero-order chi connectivity index (χ0) is 9.14. The minimum atomic E-state index is -0.928. The van der Waals surface area contributed by atoms with Crippen LogP contribution in [0, 0.1) is 5.92 Å². The first-order valence-electron chi connectivity index (χ1n) is 4.34. The van der Waals surface area contributed by atoms with Crippen molar-refractivity contribution < 1.29 is 9.90 Å². The van der Waals surface area contributed by atoms with E-state index in [4.69, 9.17) is 10.8 Å². The fourth-order valence-corrected chi connectivity index (χ4v) is 1.81. The Morgan fingerprint density at radius 3 is 2.75 bits per heavy atom. The van der Waals surface area contributed by atoms with E-state index < -0.39 is 6.09 Å². The molecule has 0 radical (unpaired) electrons. The summed E-state index contributed by atoms with van der Waals surface area (Å²) in [6, 6.07) is 0.356. The van der Waals surface area contributed by atoms with Crippen molar-refractivity contribution in [1.29, 1.82) is 0 Å². The zero-order valence-corrected chi connectivity index (χ0v) is 7.29. The molecule has 0 spiro atoms. The second-order valence-electron chi connectivity index (χ2n) is 3.61. The third-order valence-corrected chi connectivity index (χ3v) is 2.52. The lowest BCUT2D eigenvalue weighted by atomic mass is 9.83. The largest absolute Gasteiger partial charge is 0.465 e. The van der Waals surface area contributed by atoms with Gasteiger partial charge in [-0.05, 0) is 25.2 Å². The van der Waals surface area contributed by atoms with E-state index in [9.17, 15) is 4.79 Å². The number of nitrogens with two attached hydrogens (primary N) is 1. The van der Waals surface area contributed by atoms with Crippen LogP contribution in [-0.4, -0.2) is 23.3 Å². The maximum absolute atomic E-state index is 10.4. The third-order valence-electron chi connectivity index (χ3n) is 2.52. The van der Waals surface area contributed by atoms with Gasteiger partial charge in [0.1, 0.15) is 0 Å². The summed E-state index contributed by atoms with van der Waals surface area (Å²) >= 11 is 0. The smallest absolute Gasteiger partial charge is 0.404 e. The number of carbonyl (C=O) groups is 1. The third kappa shape index (κ3) is 2.37. The van der Waals surface area contributed by atoms with Crippen LogP contribution in [-0.2, 0) is 0 Å². The summed E-state index contributed by atoms with van der Waals surface area (Å²) in [6.45, 7) is 2.04. The van der Waals surface area contributed by atoms with Crippen LogP contribution in [0.2, 0.25) is 0 Å². The maximum atomic E-state index is 10.4. The molecule has 0 saturated heterocycles. The molecular weight excluding hydrogens is 156 g/mol. The summed E-state index contributed by atoms with van der Waals surface area (Å²) in [6.07, 6.45) is 1.79. The van der Waals surface area contributed by atoms with E-state index in [2.05, 4.69) is 5.32 Å². The fraction of sp³-hybridized carbons (Fsp3) is 0.875. The highest BCUT2D eigenvalue weighted by Crippen LogP contribution is 2.22. The van der Waals surface area contributed by atoms with Gasteiger partial charge in [0.05, 0.1) is 0 Å². The summed E-state index contributed by atoms with van der Waals surface area (Å²) in [5, 5.41) is 11.0. The fourth-order valence-electron chi connectivity index (χ4n) is 1.81. The van der Waals surface area contributed by atoms with Crippen molar-refractivity contribution in [3.05, 3.63) is 0 Å². The van der Waals surface area contributed by atoms with Crippen LogP contribution in [0.25, 0.3) is 0 Å². The average molecular weight is 172 g/mol. The number of hydrogen-bond acceptors (Lipinski definition) is 2. The van der Waals surface area contributed by atoms with Gasteiger partial charge in [0.25, 0.3) is 0 Å². The Hall–Kier alpha value is -0.770. The Kier molecular flexibility index (Phi) is 2.92. The van der Waals surface area contributed by atoms with Crippen LogP contribution in [0.4, 0.5) is 4.79 Å². The lowest BCUT2D eigenvalue weighted by Gasteiger charge is -2.32. The summed E-state index contributed by atoms with van der Waals surface area (Å²) in [5.41, 5.74) is 5.74. The van der Waals surface area contributed by atoms with Crippen molar-refractivity contribution in [3.63, 3.8) is 0 Å². The van der Waals surface area contributed by atoms with E-state index in [0.717, 1.165) is 19.3 Å². The topological polar surface area (TPSA) is 75.3 Å². The van der Waals surface area contributed by atoms with E-state index >= 15 is 0 Å². The molecule has 4 nitrogen and oxygen atoms in total. The maximum Gasteiger partial charge on any atom is 0.404 e. The molecule has 0 aromatic rings. The van der Waals surface area contributed by atoms with Gasteiger partial charge in [-0.3, -0.25) is 0 Å². The van der Waals surface area contributed by atoms with Crippen LogP contribution in [0.1, 0.15) is 26.2 Å². The average Bonchev–Trinajstić information content (AvgIpc) is 1.94.